The second-order valence-electron chi connectivity index (χ2n) is 9.70. The van der Waals surface area contributed by atoms with Gasteiger partial charge in [-0.1, -0.05) is 23.7 Å². The van der Waals surface area contributed by atoms with Gasteiger partial charge in [0.15, 0.2) is 5.11 Å². The van der Waals surface area contributed by atoms with E-state index in [2.05, 4.69) is 65.9 Å². The Bertz CT molecular complexity index is 1430. The molecule has 0 spiro atoms. The minimum absolute atomic E-state index is 0.0984. The number of halogens is 1. The van der Waals surface area contributed by atoms with Crippen LogP contribution in [0, 0.1) is 20.8 Å². The highest BCUT2D eigenvalue weighted by Crippen LogP contribution is 2.44. The quantitative estimate of drug-likeness (QED) is 0.263. The van der Waals surface area contributed by atoms with E-state index in [-0.39, 0.29) is 18.2 Å². The van der Waals surface area contributed by atoms with Crippen molar-refractivity contribution in [1.29, 1.82) is 0 Å². The number of benzene rings is 2. The molecule has 37 heavy (non-hydrogen) atoms. The van der Waals surface area contributed by atoms with Gasteiger partial charge in [-0.2, -0.15) is 0 Å². The van der Waals surface area contributed by atoms with Crippen molar-refractivity contribution in [2.75, 3.05) is 4.90 Å². The summed E-state index contributed by atoms with van der Waals surface area (Å²) in [5.74, 6) is 0.837. The average Bonchev–Trinajstić information content (AvgIpc) is 3.37. The zero-order valence-electron chi connectivity index (χ0n) is 21.7. The summed E-state index contributed by atoms with van der Waals surface area (Å²) in [6.07, 6.45) is 1.94. The highest BCUT2D eigenvalue weighted by atomic mass is 35.5. The van der Waals surface area contributed by atoms with Crippen LogP contribution < -0.4 is 15.0 Å². The first-order valence-corrected chi connectivity index (χ1v) is 13.3. The predicted octanol–water partition coefficient (Wildman–Crippen LogP) is 7.42. The number of aryl methyl sites for hydroxylation is 1. The van der Waals surface area contributed by atoms with Gasteiger partial charge in [-0.15, -0.1) is 0 Å². The van der Waals surface area contributed by atoms with E-state index in [4.69, 9.17) is 33.5 Å². The van der Waals surface area contributed by atoms with Crippen LogP contribution in [0.15, 0.2) is 72.9 Å². The number of anilines is 1. The Hall–Kier alpha value is -3.35. The maximum Gasteiger partial charge on any atom is 0.174 e. The Labute approximate surface area is 229 Å². The summed E-state index contributed by atoms with van der Waals surface area (Å²) in [5.41, 5.74) is 7.54. The van der Waals surface area contributed by atoms with E-state index in [1.807, 2.05) is 56.4 Å². The lowest BCUT2D eigenvalue weighted by molar-refractivity contribution is 0.242. The highest BCUT2D eigenvalue weighted by Gasteiger charge is 2.42. The topological polar surface area (TPSA) is 42.3 Å². The first-order valence-electron chi connectivity index (χ1n) is 12.5. The monoisotopic (exact) mass is 530 g/mol. The van der Waals surface area contributed by atoms with Crippen molar-refractivity contribution >= 4 is 34.6 Å². The predicted molar refractivity (Wildman–Crippen MR) is 155 cm³/mol. The van der Waals surface area contributed by atoms with E-state index in [1.165, 1.54) is 5.56 Å². The number of rotatable bonds is 6. The fourth-order valence-electron chi connectivity index (χ4n) is 5.20. The summed E-state index contributed by atoms with van der Waals surface area (Å²) in [7, 11) is 0. The minimum Gasteiger partial charge on any atom is -0.491 e. The number of nitrogens with zero attached hydrogens (tertiary/aromatic N) is 3. The number of pyridine rings is 1. The summed E-state index contributed by atoms with van der Waals surface area (Å²) < 4.78 is 8.16. The highest BCUT2D eigenvalue weighted by molar-refractivity contribution is 7.80. The third-order valence-electron chi connectivity index (χ3n) is 6.85. The molecule has 2 atom stereocenters. The Morgan fingerprint density at radius 1 is 1.00 bits per heavy atom. The van der Waals surface area contributed by atoms with E-state index in [0.717, 1.165) is 44.8 Å². The normalized spacial score (nSPS) is 17.4. The number of aromatic nitrogens is 2. The summed E-state index contributed by atoms with van der Waals surface area (Å²) in [4.78, 5) is 6.89. The van der Waals surface area contributed by atoms with Gasteiger partial charge in [-0.25, -0.2) is 0 Å². The number of nitrogens with one attached hydrogen (secondary N) is 1. The van der Waals surface area contributed by atoms with Crippen molar-refractivity contribution in [1.82, 2.24) is 14.9 Å². The second-order valence-corrected chi connectivity index (χ2v) is 10.5. The van der Waals surface area contributed by atoms with Crippen LogP contribution in [0.2, 0.25) is 5.02 Å². The van der Waals surface area contributed by atoms with E-state index in [9.17, 15) is 0 Å². The number of thiocarbonyl (C=S) groups is 1. The van der Waals surface area contributed by atoms with Gasteiger partial charge < -0.3 is 19.5 Å². The summed E-state index contributed by atoms with van der Waals surface area (Å²) in [5, 5.41) is 4.99. The molecule has 5 rings (SSSR count). The molecule has 1 fully saturated rings. The SMILES string of the molecule is Cc1c(Cl)cccc1-n1c(C)cc([C@H]2[C@H](c3ccccn3)NC(=S)N2c2ccc(OC(C)C)cc2)c1C. The number of ether oxygens (including phenoxy) is 1. The molecular formula is C30H31ClN4OS. The van der Waals surface area contributed by atoms with Crippen LogP contribution in [0.4, 0.5) is 5.69 Å². The second kappa shape index (κ2) is 10.2. The van der Waals surface area contributed by atoms with E-state index in [1.54, 1.807) is 0 Å². The smallest absolute Gasteiger partial charge is 0.174 e. The zero-order valence-corrected chi connectivity index (χ0v) is 23.3. The van der Waals surface area contributed by atoms with Crippen molar-refractivity contribution < 1.29 is 4.74 Å². The Kier molecular flexibility index (Phi) is 6.97. The fraction of sp³-hybridized carbons (Fsp3) is 0.267. The van der Waals surface area contributed by atoms with Crippen molar-refractivity contribution in [3.05, 3.63) is 106 Å². The maximum atomic E-state index is 6.50. The lowest BCUT2D eigenvalue weighted by Gasteiger charge is -2.28. The van der Waals surface area contributed by atoms with Crippen molar-refractivity contribution in [2.45, 2.75) is 52.8 Å². The van der Waals surface area contributed by atoms with Gasteiger partial charge in [0.2, 0.25) is 0 Å². The van der Waals surface area contributed by atoms with Gasteiger partial charge in [0.05, 0.1) is 23.9 Å². The standard InChI is InChI=1S/C30H31ClN4OS/c1-18(2)36-23-14-12-22(13-15-23)35-29(28(33-30(35)37)26-10-6-7-16-32-26)24-17-19(3)34(21(24)5)27-11-8-9-25(31)20(27)4/h6-18,28-29H,1-5H3,(H,33,37)/t28-,29-/m0/s1. The number of hydrogen-bond acceptors (Lipinski definition) is 3. The van der Waals surface area contributed by atoms with Crippen LogP contribution in [0.25, 0.3) is 5.69 Å². The largest absolute Gasteiger partial charge is 0.491 e. The van der Waals surface area contributed by atoms with Crippen molar-refractivity contribution in [3.8, 4) is 11.4 Å². The molecule has 4 aromatic rings. The molecule has 1 aliphatic heterocycles. The van der Waals surface area contributed by atoms with E-state index >= 15 is 0 Å². The van der Waals surface area contributed by atoms with Gasteiger partial charge in [0, 0.05) is 34.0 Å². The van der Waals surface area contributed by atoms with Gasteiger partial charge in [0.25, 0.3) is 0 Å². The summed E-state index contributed by atoms with van der Waals surface area (Å²) in [6, 6.07) is 22.2. The molecule has 1 saturated heterocycles. The van der Waals surface area contributed by atoms with E-state index in [0.29, 0.717) is 5.11 Å². The zero-order chi connectivity index (χ0) is 26.3. The molecule has 5 nitrogen and oxygen atoms in total. The third kappa shape index (κ3) is 4.72. The van der Waals surface area contributed by atoms with Crippen LogP contribution >= 0.6 is 23.8 Å². The lowest BCUT2D eigenvalue weighted by atomic mass is 9.96. The van der Waals surface area contributed by atoms with Crippen LogP contribution in [0.3, 0.4) is 0 Å². The maximum absolute atomic E-state index is 6.50. The van der Waals surface area contributed by atoms with Crippen molar-refractivity contribution in [2.24, 2.45) is 0 Å². The molecule has 0 bridgehead atoms. The Morgan fingerprint density at radius 2 is 1.76 bits per heavy atom. The van der Waals surface area contributed by atoms with Crippen LogP contribution in [0.5, 0.6) is 5.75 Å². The van der Waals surface area contributed by atoms with E-state index < -0.39 is 0 Å². The molecule has 2 aromatic carbocycles. The molecule has 3 heterocycles. The Morgan fingerprint density at radius 3 is 2.43 bits per heavy atom. The minimum atomic E-state index is -0.116. The molecule has 0 saturated carbocycles. The van der Waals surface area contributed by atoms with Gasteiger partial charge in [-0.05, 0) is 113 Å². The first kappa shape index (κ1) is 25.3. The third-order valence-corrected chi connectivity index (χ3v) is 7.58. The van der Waals surface area contributed by atoms with Gasteiger partial charge in [0.1, 0.15) is 5.75 Å². The van der Waals surface area contributed by atoms with Crippen LogP contribution in [0.1, 0.15) is 54.1 Å². The molecule has 190 valence electrons. The van der Waals surface area contributed by atoms with Gasteiger partial charge in [-0.3, -0.25) is 4.98 Å². The van der Waals surface area contributed by atoms with Crippen molar-refractivity contribution in [3.63, 3.8) is 0 Å². The first-order chi connectivity index (χ1) is 17.8. The van der Waals surface area contributed by atoms with Crippen LogP contribution in [-0.4, -0.2) is 20.8 Å². The van der Waals surface area contributed by atoms with Crippen LogP contribution in [-0.2, 0) is 0 Å². The summed E-state index contributed by atoms with van der Waals surface area (Å²) in [6.45, 7) is 10.4. The molecule has 0 unspecified atom stereocenters. The average molecular weight is 531 g/mol. The molecule has 2 aromatic heterocycles. The summed E-state index contributed by atoms with van der Waals surface area (Å²) >= 11 is 12.4. The molecule has 0 amide bonds. The van der Waals surface area contributed by atoms with Gasteiger partial charge >= 0.3 is 0 Å². The molecular weight excluding hydrogens is 500 g/mol. The Balaban J connectivity index is 1.64. The molecule has 0 radical (unpaired) electrons. The fourth-order valence-corrected chi connectivity index (χ4v) is 5.72. The molecule has 0 aliphatic carbocycles. The number of hydrogen-bond donors (Lipinski definition) is 1. The molecule has 1 aliphatic rings. The molecule has 1 N–H and O–H groups in total. The molecule has 7 heteroatoms. The lowest BCUT2D eigenvalue weighted by Crippen LogP contribution is -2.29.